The molecule has 0 radical (unpaired) electrons. The Balaban J connectivity index is 0.000000193. The molecule has 5 aliphatic heterocycles. The van der Waals surface area contributed by atoms with Crippen LogP contribution in [0.25, 0.3) is 43.1 Å². The summed E-state index contributed by atoms with van der Waals surface area (Å²) in [5.41, 5.74) is 0.256. The minimum Gasteiger partial charge on any atom is -0.343 e. The quantitative estimate of drug-likeness (QED) is 0.0215. The van der Waals surface area contributed by atoms with E-state index in [2.05, 4.69) is 0 Å². The van der Waals surface area contributed by atoms with Crippen LogP contribution in [0.3, 0.4) is 0 Å². The van der Waals surface area contributed by atoms with Crippen LogP contribution in [-0.4, -0.2) is 204 Å². The molecule has 0 unspecified atom stereocenters. The van der Waals surface area contributed by atoms with E-state index in [0.29, 0.717) is 93.2 Å². The summed E-state index contributed by atoms with van der Waals surface area (Å²) in [5, 5.41) is 49.0. The molecule has 5 heterocycles. The summed E-state index contributed by atoms with van der Waals surface area (Å²) in [6.45, 7) is 1.78. The maximum Gasteiger partial charge on any atom is 0.270 e. The van der Waals surface area contributed by atoms with Gasteiger partial charge in [0.2, 0.25) is 19.2 Å². The summed E-state index contributed by atoms with van der Waals surface area (Å²) in [6, 6.07) is 29.1. The smallest absolute Gasteiger partial charge is 0.270 e. The lowest BCUT2D eigenvalue weighted by molar-refractivity contribution is -0.532. The van der Waals surface area contributed by atoms with E-state index in [1.54, 1.807) is 60.7 Å². The van der Waals surface area contributed by atoms with Crippen LogP contribution in [0.2, 0.25) is 0 Å². The molecule has 30 nitrogen and oxygen atoms in total. The molecule has 0 atom stereocenters. The van der Waals surface area contributed by atoms with Gasteiger partial charge >= 0.3 is 0 Å². The van der Waals surface area contributed by atoms with Gasteiger partial charge in [0.25, 0.3) is 70.0 Å². The molecular weight excluding hydrogens is 1250 g/mol. The Hall–Kier alpha value is -12.6. The zero-order valence-electron chi connectivity index (χ0n) is 49.9. The lowest BCUT2D eigenvalue weighted by atomic mass is 9.93. The molecule has 0 aromatic heterocycles. The Bertz CT molecular complexity index is 4690. The van der Waals surface area contributed by atoms with Crippen LogP contribution in [0.15, 0.2) is 121 Å². The second-order valence-electron chi connectivity index (χ2n) is 22.8. The first-order valence-electron chi connectivity index (χ1n) is 29.7. The number of hydrogen-bond acceptors (Lipinski definition) is 19. The summed E-state index contributed by atoms with van der Waals surface area (Å²) in [4.78, 5) is 182. The van der Waals surface area contributed by atoms with Gasteiger partial charge < -0.3 is 9.80 Å². The normalized spacial score (nSPS) is 14.6. The highest BCUT2D eigenvalue weighted by atomic mass is 16.6. The van der Waals surface area contributed by atoms with Gasteiger partial charge in [-0.3, -0.25) is 117 Å². The van der Waals surface area contributed by atoms with Crippen molar-refractivity contribution in [3.05, 3.63) is 206 Å². The van der Waals surface area contributed by atoms with Gasteiger partial charge in [0.05, 0.1) is 68.1 Å². The second kappa shape index (κ2) is 26.2. The largest absolute Gasteiger partial charge is 0.343 e. The van der Waals surface area contributed by atoms with Crippen molar-refractivity contribution in [3.63, 3.8) is 0 Å². The highest BCUT2D eigenvalue weighted by Gasteiger charge is 2.40. The van der Waals surface area contributed by atoms with Crippen LogP contribution >= 0.6 is 0 Å². The number of carbonyl (C=O) groups is 10. The van der Waals surface area contributed by atoms with E-state index in [0.717, 1.165) is 38.2 Å². The first kappa shape index (κ1) is 64.9. The number of hydrogen-bond donors (Lipinski definition) is 0. The second-order valence-corrected chi connectivity index (χ2v) is 22.8. The first-order valence-corrected chi connectivity index (χ1v) is 29.7. The Kier molecular flexibility index (Phi) is 17.7. The van der Waals surface area contributed by atoms with Gasteiger partial charge in [-0.05, 0) is 52.2 Å². The highest BCUT2D eigenvalue weighted by molar-refractivity contribution is 6.29. The number of nitro benzene ring substituents is 4. The number of benzene rings is 8. The number of rotatable bonds is 22. The molecule has 96 heavy (non-hydrogen) atoms. The third-order valence-corrected chi connectivity index (χ3v) is 17.3. The van der Waals surface area contributed by atoms with Crippen molar-refractivity contribution in [1.29, 1.82) is 0 Å². The lowest BCUT2D eigenvalue weighted by Gasteiger charge is -2.30. The van der Waals surface area contributed by atoms with Gasteiger partial charge in [0.15, 0.2) is 0 Å². The van der Waals surface area contributed by atoms with Crippen molar-refractivity contribution in [2.75, 3.05) is 78.5 Å². The van der Waals surface area contributed by atoms with Crippen molar-refractivity contribution in [1.82, 2.24) is 34.3 Å². The standard InChI is InChI=1S/C33H26N6O10.C32H25N6O8.CH4/c40-18-34(10-12-36-30(42)24-6-1-4-20-14-22(38(46)47)16-26(28(20)24)32(36)44)8-3-9-35(19-41)11-13-37-31(43)25-7-2-5-21-15-23(39(48)49)17-27(29(21)25)33(37)45;39-29-23-6-1-4-19-14-21(37(43)44)16-25(27(19)23)31(41)35(29)12-10-33-8-3-9-34(18-33)11-13-36-30(40)24-7-2-5-20-15-22(38(45)46)17-26(28(20)24)32(36)42;/h1-2,4-7,14-19H,3,8-13H2;1-2,4-7,14-18H,3,8-13H2;1H4/q;+1;. The summed E-state index contributed by atoms with van der Waals surface area (Å²) in [5.74, 6) is -4.74. The van der Waals surface area contributed by atoms with Gasteiger partial charge in [-0.1, -0.05) is 56.0 Å². The highest BCUT2D eigenvalue weighted by Crippen LogP contribution is 2.38. The van der Waals surface area contributed by atoms with Crippen LogP contribution in [0.5, 0.6) is 0 Å². The summed E-state index contributed by atoms with van der Waals surface area (Å²) in [7, 11) is 0. The van der Waals surface area contributed by atoms with E-state index in [1.165, 1.54) is 58.3 Å². The topological polar surface area (TPSA) is 369 Å². The van der Waals surface area contributed by atoms with E-state index in [4.69, 9.17) is 0 Å². The van der Waals surface area contributed by atoms with Crippen molar-refractivity contribution in [2.24, 2.45) is 0 Å². The molecule has 0 aliphatic carbocycles. The van der Waals surface area contributed by atoms with Crippen LogP contribution in [0, 0.1) is 40.5 Å². The maximum absolute atomic E-state index is 13.4. The molecule has 0 spiro atoms. The Morgan fingerprint density at radius 1 is 0.396 bits per heavy atom. The fraction of sp³-hybridized carbons (Fsp3) is 0.227. The third-order valence-electron chi connectivity index (χ3n) is 17.3. The summed E-state index contributed by atoms with van der Waals surface area (Å²) in [6.07, 6.45) is 3.91. The minimum atomic E-state index is -0.717. The number of amides is 10. The van der Waals surface area contributed by atoms with Crippen LogP contribution in [-0.2, 0) is 9.59 Å². The lowest BCUT2D eigenvalue weighted by Crippen LogP contribution is -2.47. The fourth-order valence-electron chi connectivity index (χ4n) is 12.8. The van der Waals surface area contributed by atoms with Gasteiger partial charge in [0, 0.05) is 138 Å². The fourth-order valence-corrected chi connectivity index (χ4v) is 12.8. The zero-order valence-corrected chi connectivity index (χ0v) is 49.9. The van der Waals surface area contributed by atoms with Crippen molar-refractivity contribution >= 4 is 132 Å². The molecule has 0 saturated carbocycles. The SMILES string of the molecule is C.O=C1c2cccc3cc([N+](=O)[O-])cc(c23)C(=O)N1CCN1C=[N+](CCN2C(=O)c3cccc4cc([N+](=O)[O-])cc(c34)C2=O)CCC1.O=CN(CCCN(C=O)CCN1C(=O)c2cccc3cc([N+](=O)[O-])cc(c23)C1=O)CCN1C(=O)c2cccc3cc([N+](=O)[O-])cc(c23)C1=O. The number of nitrogens with zero attached hydrogens (tertiary/aromatic N) is 12. The van der Waals surface area contributed by atoms with Crippen molar-refractivity contribution in [2.45, 2.75) is 20.3 Å². The summed E-state index contributed by atoms with van der Waals surface area (Å²) >= 11 is 0. The molecule has 0 saturated heterocycles. The van der Waals surface area contributed by atoms with Gasteiger partial charge in [-0.15, -0.1) is 0 Å². The molecule has 0 bridgehead atoms. The predicted molar refractivity (Wildman–Crippen MR) is 343 cm³/mol. The summed E-state index contributed by atoms with van der Waals surface area (Å²) < 4.78 is 1.94. The molecule has 13 rings (SSSR count). The Morgan fingerprint density at radius 3 is 1.01 bits per heavy atom. The van der Waals surface area contributed by atoms with Gasteiger partial charge in [-0.25, -0.2) is 0 Å². The van der Waals surface area contributed by atoms with Crippen molar-refractivity contribution in [3.8, 4) is 0 Å². The number of nitro groups is 4. The molecular formula is C66H55N12O18+. The van der Waals surface area contributed by atoms with E-state index >= 15 is 0 Å². The van der Waals surface area contributed by atoms with E-state index < -0.39 is 67.0 Å². The molecule has 0 N–H and O–H groups in total. The van der Waals surface area contributed by atoms with E-state index in [9.17, 15) is 88.4 Å². The number of carbonyl (C=O) groups excluding carboxylic acids is 10. The first-order chi connectivity index (χ1) is 45.6. The average molecular weight is 1300 g/mol. The van der Waals surface area contributed by atoms with Gasteiger partial charge in [-0.2, -0.15) is 0 Å². The molecule has 486 valence electrons. The molecule has 8 aromatic carbocycles. The van der Waals surface area contributed by atoms with Gasteiger partial charge in [0.1, 0.15) is 13.1 Å². The van der Waals surface area contributed by atoms with Crippen LogP contribution < -0.4 is 0 Å². The predicted octanol–water partition coefficient (Wildman–Crippen LogP) is 7.09. The zero-order chi connectivity index (χ0) is 67.3. The van der Waals surface area contributed by atoms with Crippen LogP contribution in [0.1, 0.15) is 103 Å². The monoisotopic (exact) mass is 1300 g/mol. The molecule has 8 aromatic rings. The van der Waals surface area contributed by atoms with E-state index in [1.807, 2.05) is 15.8 Å². The van der Waals surface area contributed by atoms with Crippen LogP contribution in [0.4, 0.5) is 22.7 Å². The molecule has 30 heteroatoms. The van der Waals surface area contributed by atoms with E-state index in [-0.39, 0.29) is 122 Å². The Morgan fingerprint density at radius 2 is 0.698 bits per heavy atom. The third kappa shape index (κ3) is 11.8. The average Bonchev–Trinajstić information content (AvgIpc) is 0.768. The Labute approximate surface area is 541 Å². The maximum atomic E-state index is 13.4. The molecule has 0 fully saturated rings. The molecule has 5 aliphatic rings. The molecule has 10 amide bonds. The van der Waals surface area contributed by atoms with Crippen molar-refractivity contribution < 1.29 is 72.2 Å². The minimum absolute atomic E-state index is 0. The number of non-ortho nitro benzene ring substituents is 4. The number of imide groups is 4.